The Kier molecular flexibility index (Phi) is 48.0. The molecule has 0 aromatic rings. The normalized spacial score (nSPS) is 20.2. The molecule has 0 aliphatic carbocycles. The summed E-state index contributed by atoms with van der Waals surface area (Å²) in [5.41, 5.74) is 0. The molecule has 72 heavy (non-hydrogen) atoms. The highest BCUT2D eigenvalue weighted by Gasteiger charge is 2.44. The molecule has 0 aromatic carbocycles. The van der Waals surface area contributed by atoms with Crippen LogP contribution in [0.4, 0.5) is 0 Å². The molecule has 8 N–H and O–H groups in total. The molecule has 0 spiro atoms. The highest BCUT2D eigenvalue weighted by molar-refractivity contribution is 5.80. The number of unbranched alkanes of at least 4 members (excludes halogenated alkanes) is 37. The second kappa shape index (κ2) is 50.4. The number of allylic oxidation sites excluding steroid dienone is 4. The molecule has 9 atom stereocenters. The zero-order valence-corrected chi connectivity index (χ0v) is 46.7. The van der Waals surface area contributed by atoms with E-state index in [0.717, 1.165) is 44.9 Å². The summed E-state index contributed by atoms with van der Waals surface area (Å²) < 4.78 is 11.1. The highest BCUT2D eigenvalue weighted by atomic mass is 16.7. The predicted octanol–water partition coefficient (Wildman–Crippen LogP) is 13.3. The maximum absolute atomic E-state index is 13.2. The Morgan fingerprint density at radius 3 is 1.19 bits per heavy atom. The Labute approximate surface area is 442 Å². The van der Waals surface area contributed by atoms with Crippen LogP contribution in [0.3, 0.4) is 0 Å². The first kappa shape index (κ1) is 68.6. The van der Waals surface area contributed by atoms with Gasteiger partial charge in [0.25, 0.3) is 0 Å². The van der Waals surface area contributed by atoms with Crippen LogP contribution < -0.4 is 5.32 Å². The number of nitrogens with one attached hydrogen (secondary N) is 1. The first-order valence-corrected chi connectivity index (χ1v) is 30.7. The van der Waals surface area contributed by atoms with Gasteiger partial charge < -0.3 is 50.5 Å². The monoisotopic (exact) mass is 1020 g/mol. The molecule has 1 heterocycles. The first-order chi connectivity index (χ1) is 35.2. The lowest BCUT2D eigenvalue weighted by Gasteiger charge is -2.40. The van der Waals surface area contributed by atoms with Gasteiger partial charge in [0.1, 0.15) is 36.6 Å². The largest absolute Gasteiger partial charge is 0.394 e. The van der Waals surface area contributed by atoms with Gasteiger partial charge in [0, 0.05) is 0 Å². The molecule has 426 valence electrons. The van der Waals surface area contributed by atoms with Gasteiger partial charge in [-0.25, -0.2) is 0 Å². The van der Waals surface area contributed by atoms with Crippen LogP contribution in [0.1, 0.15) is 290 Å². The van der Waals surface area contributed by atoms with Gasteiger partial charge in [0.2, 0.25) is 5.91 Å². The summed E-state index contributed by atoms with van der Waals surface area (Å²) >= 11 is 0. The van der Waals surface area contributed by atoms with E-state index in [9.17, 15) is 40.5 Å². The van der Waals surface area contributed by atoms with Crippen molar-refractivity contribution in [3.8, 4) is 0 Å². The summed E-state index contributed by atoms with van der Waals surface area (Å²) in [7, 11) is 0. The molecule has 1 aliphatic rings. The number of hydrogen-bond acceptors (Lipinski definition) is 10. The van der Waals surface area contributed by atoms with Gasteiger partial charge in [-0.15, -0.1) is 0 Å². The summed E-state index contributed by atoms with van der Waals surface area (Å²) in [6.45, 7) is 3.48. The van der Waals surface area contributed by atoms with Crippen molar-refractivity contribution in [1.29, 1.82) is 0 Å². The van der Waals surface area contributed by atoms with Crippen LogP contribution >= 0.6 is 0 Å². The lowest BCUT2D eigenvalue weighted by atomic mass is 9.98. The fourth-order valence-corrected chi connectivity index (χ4v) is 9.97. The molecule has 11 heteroatoms. The van der Waals surface area contributed by atoms with Crippen molar-refractivity contribution in [3.63, 3.8) is 0 Å². The van der Waals surface area contributed by atoms with Gasteiger partial charge in [-0.2, -0.15) is 0 Å². The second-order valence-electron chi connectivity index (χ2n) is 21.8. The number of rotatable bonds is 53. The smallest absolute Gasteiger partial charge is 0.249 e. The zero-order chi connectivity index (χ0) is 52.5. The molecule has 1 aliphatic heterocycles. The summed E-state index contributed by atoms with van der Waals surface area (Å²) in [4.78, 5) is 13.2. The van der Waals surface area contributed by atoms with E-state index >= 15 is 0 Å². The van der Waals surface area contributed by atoms with Gasteiger partial charge in [-0.05, 0) is 64.2 Å². The summed E-state index contributed by atoms with van der Waals surface area (Å²) in [6, 6.07) is -1.19. The maximum Gasteiger partial charge on any atom is 0.249 e. The minimum absolute atomic E-state index is 0.251. The minimum atomic E-state index is -1.67. The van der Waals surface area contributed by atoms with E-state index in [1.807, 2.05) is 0 Å². The summed E-state index contributed by atoms with van der Waals surface area (Å²) in [6.07, 6.45) is 49.5. The SMILES string of the molecule is CCCCCCCCCCCCCC/C=C\CCCCCCCCCC(O)C(=O)NC(COC1OC(CO)C(O)C(O)C1O)C(O)C(O)CCC/C=C/CCCCCCCCCCCCCCCCCCC. The second-order valence-corrected chi connectivity index (χ2v) is 21.8. The van der Waals surface area contributed by atoms with Gasteiger partial charge in [0.15, 0.2) is 6.29 Å². The number of ether oxygens (including phenoxy) is 2. The van der Waals surface area contributed by atoms with Gasteiger partial charge in [-0.1, -0.05) is 250 Å². The summed E-state index contributed by atoms with van der Waals surface area (Å²) in [5.74, 6) is -0.706. The van der Waals surface area contributed by atoms with E-state index in [4.69, 9.17) is 9.47 Å². The fraction of sp³-hybridized carbons (Fsp3) is 0.918. The Morgan fingerprint density at radius 2 is 0.819 bits per heavy atom. The van der Waals surface area contributed by atoms with E-state index in [1.165, 1.54) is 205 Å². The first-order valence-electron chi connectivity index (χ1n) is 30.7. The van der Waals surface area contributed by atoms with Crippen molar-refractivity contribution in [2.75, 3.05) is 13.2 Å². The lowest BCUT2D eigenvalue weighted by Crippen LogP contribution is -2.60. The third-order valence-corrected chi connectivity index (χ3v) is 15.0. The Bertz CT molecular complexity index is 1220. The molecular weight excluding hydrogens is 907 g/mol. The molecule has 1 rings (SSSR count). The van der Waals surface area contributed by atoms with Crippen LogP contribution in [-0.2, 0) is 14.3 Å². The van der Waals surface area contributed by atoms with E-state index in [0.29, 0.717) is 12.8 Å². The third-order valence-electron chi connectivity index (χ3n) is 15.0. The molecule has 0 saturated carbocycles. The molecule has 11 nitrogen and oxygen atoms in total. The number of carbonyl (C=O) groups is 1. The zero-order valence-electron chi connectivity index (χ0n) is 46.7. The van der Waals surface area contributed by atoms with Crippen LogP contribution in [0.5, 0.6) is 0 Å². The van der Waals surface area contributed by atoms with Crippen molar-refractivity contribution in [2.24, 2.45) is 0 Å². The molecular formula is C61H117NO10. The molecule has 0 bridgehead atoms. The van der Waals surface area contributed by atoms with Crippen molar-refractivity contribution in [2.45, 2.75) is 345 Å². The average Bonchev–Trinajstić information content (AvgIpc) is 3.38. The van der Waals surface area contributed by atoms with E-state index in [2.05, 4.69) is 43.5 Å². The Balaban J connectivity index is 2.30. The van der Waals surface area contributed by atoms with Crippen molar-refractivity contribution >= 4 is 5.91 Å². The Hall–Kier alpha value is -1.41. The number of aliphatic hydroxyl groups is 7. The number of aliphatic hydroxyl groups excluding tert-OH is 7. The van der Waals surface area contributed by atoms with Gasteiger partial charge >= 0.3 is 0 Å². The molecule has 9 unspecified atom stereocenters. The molecule has 1 fully saturated rings. The molecule has 0 aromatic heterocycles. The fourth-order valence-electron chi connectivity index (χ4n) is 9.97. The quantitative estimate of drug-likeness (QED) is 0.0215. The third kappa shape index (κ3) is 38.2. The minimum Gasteiger partial charge on any atom is -0.394 e. The van der Waals surface area contributed by atoms with Crippen LogP contribution in [0.15, 0.2) is 24.3 Å². The molecule has 1 saturated heterocycles. The molecule has 0 radical (unpaired) electrons. The van der Waals surface area contributed by atoms with E-state index in [1.54, 1.807) is 0 Å². The number of amides is 1. The van der Waals surface area contributed by atoms with Crippen LogP contribution in [0.2, 0.25) is 0 Å². The van der Waals surface area contributed by atoms with E-state index < -0.39 is 74.2 Å². The van der Waals surface area contributed by atoms with Crippen molar-refractivity contribution in [3.05, 3.63) is 24.3 Å². The maximum atomic E-state index is 13.2. The number of hydrogen-bond donors (Lipinski definition) is 8. The van der Waals surface area contributed by atoms with Crippen LogP contribution in [-0.4, -0.2) is 110 Å². The van der Waals surface area contributed by atoms with Gasteiger partial charge in [0.05, 0.1) is 25.4 Å². The van der Waals surface area contributed by atoms with Crippen molar-refractivity contribution in [1.82, 2.24) is 5.32 Å². The number of carbonyl (C=O) groups excluding carboxylic acids is 1. The lowest BCUT2D eigenvalue weighted by molar-refractivity contribution is -0.303. The standard InChI is InChI=1S/C61H117NO10/c1-3-5-7-9-11-13-15-17-19-21-23-25-27-29-31-33-35-37-39-41-43-45-47-49-54(65)60(70)62-52(51-71-61-59(69)58(68)57(67)55(50-63)72-61)56(66)53(64)48-46-44-42-40-38-36-34-32-30-28-26-24-22-20-18-16-14-12-10-8-6-4-2/h29,31,40,42,52-59,61,63-69H,3-28,30,32-39,41,43-51H2,1-2H3,(H,62,70)/b31-29-,42-40+. The highest BCUT2D eigenvalue weighted by Crippen LogP contribution is 2.23. The predicted molar refractivity (Wildman–Crippen MR) is 298 cm³/mol. The summed E-state index contributed by atoms with van der Waals surface area (Å²) in [5, 5.41) is 76.2. The Morgan fingerprint density at radius 1 is 0.472 bits per heavy atom. The molecule has 1 amide bonds. The van der Waals surface area contributed by atoms with Crippen molar-refractivity contribution < 1.29 is 50.0 Å². The van der Waals surface area contributed by atoms with E-state index in [-0.39, 0.29) is 12.8 Å². The van der Waals surface area contributed by atoms with Crippen LogP contribution in [0.25, 0.3) is 0 Å². The van der Waals surface area contributed by atoms with Crippen LogP contribution in [0, 0.1) is 0 Å². The average molecular weight is 1020 g/mol. The van der Waals surface area contributed by atoms with Gasteiger partial charge in [-0.3, -0.25) is 4.79 Å². The topological polar surface area (TPSA) is 189 Å².